The van der Waals surface area contributed by atoms with Crippen LogP contribution >= 0.6 is 0 Å². The predicted octanol–water partition coefficient (Wildman–Crippen LogP) is 4.42. The third-order valence-electron chi connectivity index (χ3n) is 5.74. The Bertz CT molecular complexity index is 866. The molecule has 1 aliphatic heterocycles. The summed E-state index contributed by atoms with van der Waals surface area (Å²) in [6.45, 7) is 6.05. The Balaban J connectivity index is 1.86. The number of amides is 2. The Hall–Kier alpha value is -2.82. The van der Waals surface area contributed by atoms with Gasteiger partial charge < -0.3 is 14.5 Å². The van der Waals surface area contributed by atoms with E-state index in [0.717, 1.165) is 24.8 Å². The monoisotopic (exact) mass is 422 g/mol. The number of hydrogen-bond donors (Lipinski definition) is 0. The van der Waals surface area contributed by atoms with E-state index in [1.807, 2.05) is 66.5 Å². The first-order valence-corrected chi connectivity index (χ1v) is 11.3. The number of para-hydroxylation sites is 1. The van der Waals surface area contributed by atoms with Crippen molar-refractivity contribution in [2.24, 2.45) is 5.92 Å². The smallest absolute Gasteiger partial charge is 0.257 e. The minimum Gasteiger partial charge on any atom is -0.491 e. The fourth-order valence-electron chi connectivity index (χ4n) is 4.11. The highest BCUT2D eigenvalue weighted by molar-refractivity contribution is 5.96. The Morgan fingerprint density at radius 2 is 1.71 bits per heavy atom. The van der Waals surface area contributed by atoms with Crippen LogP contribution in [0.15, 0.2) is 54.6 Å². The average Bonchev–Trinajstić information content (AvgIpc) is 2.76. The maximum atomic E-state index is 13.3. The van der Waals surface area contributed by atoms with E-state index in [1.165, 1.54) is 0 Å². The van der Waals surface area contributed by atoms with Crippen LogP contribution in [-0.4, -0.2) is 54.4 Å². The molecule has 1 aliphatic rings. The van der Waals surface area contributed by atoms with E-state index in [2.05, 4.69) is 13.8 Å². The number of carbonyl (C=O) groups excluding carboxylic acids is 2. The van der Waals surface area contributed by atoms with Gasteiger partial charge in [-0.25, -0.2) is 0 Å². The van der Waals surface area contributed by atoms with Crippen molar-refractivity contribution in [3.63, 3.8) is 0 Å². The highest BCUT2D eigenvalue weighted by Crippen LogP contribution is 2.23. The number of nitrogens with zero attached hydrogens (tertiary/aromatic N) is 2. The van der Waals surface area contributed by atoms with Crippen molar-refractivity contribution in [2.45, 2.75) is 45.6 Å². The largest absolute Gasteiger partial charge is 0.491 e. The van der Waals surface area contributed by atoms with E-state index in [9.17, 15) is 9.59 Å². The van der Waals surface area contributed by atoms with Gasteiger partial charge >= 0.3 is 0 Å². The molecule has 1 heterocycles. The molecule has 2 aromatic rings. The molecular formula is C26H34N2O3. The first kappa shape index (κ1) is 22.9. The molecule has 2 aromatic carbocycles. The summed E-state index contributed by atoms with van der Waals surface area (Å²) in [5.74, 6) is 1.13. The molecule has 0 bridgehead atoms. The second-order valence-corrected chi connectivity index (χ2v) is 8.77. The number of rotatable bonds is 4. The van der Waals surface area contributed by atoms with Crippen molar-refractivity contribution in [3.05, 3.63) is 65.7 Å². The summed E-state index contributed by atoms with van der Waals surface area (Å²) in [7, 11) is 1.82. The van der Waals surface area contributed by atoms with Gasteiger partial charge in [0.25, 0.3) is 5.91 Å². The van der Waals surface area contributed by atoms with Crippen molar-refractivity contribution < 1.29 is 14.3 Å². The molecular weight excluding hydrogens is 388 g/mol. The minimum atomic E-state index is -0.0310. The Morgan fingerprint density at radius 1 is 1.03 bits per heavy atom. The van der Waals surface area contributed by atoms with Crippen LogP contribution in [0.5, 0.6) is 5.75 Å². The van der Waals surface area contributed by atoms with E-state index in [4.69, 9.17) is 4.74 Å². The summed E-state index contributed by atoms with van der Waals surface area (Å²) < 4.78 is 6.18. The number of ether oxygens (including phenoxy) is 1. The zero-order valence-electron chi connectivity index (χ0n) is 18.9. The quantitative estimate of drug-likeness (QED) is 0.733. The molecule has 5 nitrogen and oxygen atoms in total. The predicted molar refractivity (Wildman–Crippen MR) is 123 cm³/mol. The van der Waals surface area contributed by atoms with Gasteiger partial charge in [0.1, 0.15) is 12.4 Å². The fraction of sp³-hybridized carbons (Fsp3) is 0.462. The lowest BCUT2D eigenvalue weighted by atomic mass is 10.0. The molecule has 0 fully saturated rings. The Kier molecular flexibility index (Phi) is 8.10. The number of carbonyl (C=O) groups is 2. The molecule has 2 amide bonds. The molecule has 0 unspecified atom stereocenters. The highest BCUT2D eigenvalue weighted by atomic mass is 16.5. The van der Waals surface area contributed by atoms with Gasteiger partial charge in [0, 0.05) is 20.1 Å². The zero-order chi connectivity index (χ0) is 22.2. The Labute approximate surface area is 186 Å². The number of hydrogen-bond acceptors (Lipinski definition) is 3. The van der Waals surface area contributed by atoms with Crippen LogP contribution in [0, 0.1) is 5.92 Å². The summed E-state index contributed by atoms with van der Waals surface area (Å²) in [6.07, 6.45) is 2.96. The standard InChI is InChI=1S/C26H34N2O3/c1-20(2)17-22-19-31-24-14-8-7-13-23(24)26(30)27(3)15-9-10-16-28(22)25(29)18-21-11-5-4-6-12-21/h4-8,11-14,20,22H,9-10,15-19H2,1-3H3/t22-/m0/s1. The van der Waals surface area contributed by atoms with Gasteiger partial charge in [-0.3, -0.25) is 9.59 Å². The van der Waals surface area contributed by atoms with E-state index in [0.29, 0.717) is 43.3 Å². The fourth-order valence-corrected chi connectivity index (χ4v) is 4.11. The van der Waals surface area contributed by atoms with Crippen LogP contribution < -0.4 is 4.74 Å². The summed E-state index contributed by atoms with van der Waals surface area (Å²) in [4.78, 5) is 30.0. The lowest BCUT2D eigenvalue weighted by Crippen LogP contribution is -2.46. The van der Waals surface area contributed by atoms with Gasteiger partial charge in [0.2, 0.25) is 5.91 Å². The van der Waals surface area contributed by atoms with Crippen LogP contribution in [0.25, 0.3) is 0 Å². The van der Waals surface area contributed by atoms with Crippen molar-refractivity contribution in [1.29, 1.82) is 0 Å². The van der Waals surface area contributed by atoms with Gasteiger partial charge in [-0.1, -0.05) is 56.3 Å². The van der Waals surface area contributed by atoms with Crippen LogP contribution in [-0.2, 0) is 11.2 Å². The molecule has 0 radical (unpaired) electrons. The average molecular weight is 423 g/mol. The summed E-state index contributed by atoms with van der Waals surface area (Å²) in [5.41, 5.74) is 1.61. The van der Waals surface area contributed by atoms with Gasteiger partial charge in [-0.15, -0.1) is 0 Å². The van der Waals surface area contributed by atoms with Crippen LogP contribution in [0.4, 0.5) is 0 Å². The third-order valence-corrected chi connectivity index (χ3v) is 5.74. The molecule has 0 saturated carbocycles. The van der Waals surface area contributed by atoms with Crippen molar-refractivity contribution in [1.82, 2.24) is 9.80 Å². The van der Waals surface area contributed by atoms with Gasteiger partial charge in [0.05, 0.1) is 18.0 Å². The van der Waals surface area contributed by atoms with E-state index in [-0.39, 0.29) is 17.9 Å². The summed E-state index contributed by atoms with van der Waals surface area (Å²) >= 11 is 0. The zero-order valence-corrected chi connectivity index (χ0v) is 18.9. The van der Waals surface area contributed by atoms with Crippen LogP contribution in [0.3, 0.4) is 0 Å². The minimum absolute atomic E-state index is 0.0198. The number of fused-ring (bicyclic) bond motifs is 1. The van der Waals surface area contributed by atoms with Crippen molar-refractivity contribution >= 4 is 11.8 Å². The molecule has 31 heavy (non-hydrogen) atoms. The van der Waals surface area contributed by atoms with E-state index < -0.39 is 0 Å². The summed E-state index contributed by atoms with van der Waals surface area (Å²) in [6, 6.07) is 17.3. The molecule has 5 heteroatoms. The van der Waals surface area contributed by atoms with Gasteiger partial charge in [-0.05, 0) is 42.9 Å². The molecule has 0 spiro atoms. The maximum absolute atomic E-state index is 13.3. The molecule has 0 aromatic heterocycles. The summed E-state index contributed by atoms with van der Waals surface area (Å²) in [5, 5.41) is 0. The van der Waals surface area contributed by atoms with Gasteiger partial charge in [0.15, 0.2) is 0 Å². The highest BCUT2D eigenvalue weighted by Gasteiger charge is 2.27. The first-order valence-electron chi connectivity index (χ1n) is 11.3. The van der Waals surface area contributed by atoms with E-state index in [1.54, 1.807) is 4.90 Å². The van der Waals surface area contributed by atoms with Crippen molar-refractivity contribution in [3.8, 4) is 5.75 Å². The van der Waals surface area contributed by atoms with Crippen LogP contribution in [0.1, 0.15) is 49.0 Å². The van der Waals surface area contributed by atoms with Crippen LogP contribution in [0.2, 0.25) is 0 Å². The topological polar surface area (TPSA) is 49.9 Å². The molecule has 1 atom stereocenters. The van der Waals surface area contributed by atoms with E-state index >= 15 is 0 Å². The lowest BCUT2D eigenvalue weighted by Gasteiger charge is -2.34. The van der Waals surface area contributed by atoms with Crippen molar-refractivity contribution in [2.75, 3.05) is 26.7 Å². The molecule has 3 rings (SSSR count). The second kappa shape index (κ2) is 11.0. The third kappa shape index (κ3) is 6.33. The molecule has 0 saturated heterocycles. The maximum Gasteiger partial charge on any atom is 0.257 e. The lowest BCUT2D eigenvalue weighted by molar-refractivity contribution is -0.134. The normalized spacial score (nSPS) is 18.1. The van der Waals surface area contributed by atoms with Gasteiger partial charge in [-0.2, -0.15) is 0 Å². The SMILES string of the molecule is CC(C)C[C@H]1COc2ccccc2C(=O)N(C)CCCCN1C(=O)Cc1ccccc1. The first-order chi connectivity index (χ1) is 15.0. The Morgan fingerprint density at radius 3 is 2.45 bits per heavy atom. The molecule has 166 valence electrons. The molecule has 0 aliphatic carbocycles. The molecule has 0 N–H and O–H groups in total. The second-order valence-electron chi connectivity index (χ2n) is 8.77. The number of benzene rings is 2.